The van der Waals surface area contributed by atoms with Gasteiger partial charge in [-0.1, -0.05) is 25.0 Å². The Bertz CT molecular complexity index is 487. The SMILES string of the molecule is CC1Cc2ccc(C3(C(=O)O)CCCC3)cc2O1. The average molecular weight is 246 g/mol. The molecule has 2 aliphatic rings. The maximum Gasteiger partial charge on any atom is 0.314 e. The van der Waals surface area contributed by atoms with Crippen LogP contribution >= 0.6 is 0 Å². The van der Waals surface area contributed by atoms with Gasteiger partial charge in [-0.2, -0.15) is 0 Å². The predicted molar refractivity (Wildman–Crippen MR) is 68.0 cm³/mol. The summed E-state index contributed by atoms with van der Waals surface area (Å²) in [5, 5.41) is 9.58. The van der Waals surface area contributed by atoms with E-state index in [2.05, 4.69) is 0 Å². The fraction of sp³-hybridized carbons (Fsp3) is 0.533. The number of carbonyl (C=O) groups is 1. The molecule has 3 heteroatoms. The molecular formula is C15H18O3. The number of ether oxygens (including phenoxy) is 1. The molecule has 3 rings (SSSR count). The van der Waals surface area contributed by atoms with E-state index in [1.807, 2.05) is 25.1 Å². The van der Waals surface area contributed by atoms with Gasteiger partial charge in [0, 0.05) is 6.42 Å². The van der Waals surface area contributed by atoms with Crippen molar-refractivity contribution in [2.45, 2.75) is 50.5 Å². The van der Waals surface area contributed by atoms with Crippen molar-refractivity contribution >= 4 is 5.97 Å². The third-order valence-corrected chi connectivity index (χ3v) is 4.32. The van der Waals surface area contributed by atoms with Crippen molar-refractivity contribution in [3.63, 3.8) is 0 Å². The number of hydrogen-bond donors (Lipinski definition) is 1. The molecule has 1 aromatic rings. The third kappa shape index (κ3) is 1.61. The number of carboxylic acids is 1. The third-order valence-electron chi connectivity index (χ3n) is 4.32. The minimum absolute atomic E-state index is 0.208. The van der Waals surface area contributed by atoms with E-state index >= 15 is 0 Å². The lowest BCUT2D eigenvalue weighted by atomic mass is 9.78. The molecule has 1 N–H and O–H groups in total. The van der Waals surface area contributed by atoms with Crippen LogP contribution in [0.2, 0.25) is 0 Å². The molecule has 96 valence electrons. The van der Waals surface area contributed by atoms with Gasteiger partial charge >= 0.3 is 5.97 Å². The lowest BCUT2D eigenvalue weighted by Crippen LogP contribution is -2.32. The van der Waals surface area contributed by atoms with E-state index < -0.39 is 11.4 Å². The number of benzene rings is 1. The van der Waals surface area contributed by atoms with Gasteiger partial charge in [0.05, 0.1) is 5.41 Å². The number of fused-ring (bicyclic) bond motifs is 1. The van der Waals surface area contributed by atoms with Gasteiger partial charge in [0.1, 0.15) is 11.9 Å². The molecular weight excluding hydrogens is 228 g/mol. The van der Waals surface area contributed by atoms with Crippen LogP contribution in [0.15, 0.2) is 18.2 Å². The molecule has 0 amide bonds. The highest BCUT2D eigenvalue weighted by Crippen LogP contribution is 2.43. The van der Waals surface area contributed by atoms with E-state index in [4.69, 9.17) is 4.74 Å². The first kappa shape index (κ1) is 11.6. The Balaban J connectivity index is 2.02. The van der Waals surface area contributed by atoms with Gasteiger partial charge in [-0.15, -0.1) is 0 Å². The fourth-order valence-electron chi connectivity index (χ4n) is 3.30. The molecule has 1 saturated carbocycles. The van der Waals surface area contributed by atoms with Crippen LogP contribution in [0.4, 0.5) is 0 Å². The predicted octanol–water partition coefficient (Wildman–Crippen LogP) is 2.91. The van der Waals surface area contributed by atoms with Crippen molar-refractivity contribution in [1.29, 1.82) is 0 Å². The lowest BCUT2D eigenvalue weighted by Gasteiger charge is -2.24. The van der Waals surface area contributed by atoms with Crippen molar-refractivity contribution in [3.05, 3.63) is 29.3 Å². The zero-order valence-electron chi connectivity index (χ0n) is 10.6. The first-order valence-electron chi connectivity index (χ1n) is 6.65. The fourth-order valence-corrected chi connectivity index (χ4v) is 3.30. The van der Waals surface area contributed by atoms with Crippen LogP contribution in [-0.4, -0.2) is 17.2 Å². The van der Waals surface area contributed by atoms with Crippen LogP contribution < -0.4 is 4.74 Å². The van der Waals surface area contributed by atoms with Gasteiger partial charge in [0.25, 0.3) is 0 Å². The average Bonchev–Trinajstić information content (AvgIpc) is 2.92. The van der Waals surface area contributed by atoms with Crippen LogP contribution in [0.1, 0.15) is 43.7 Å². The van der Waals surface area contributed by atoms with Crippen molar-refractivity contribution in [2.75, 3.05) is 0 Å². The molecule has 1 unspecified atom stereocenters. The van der Waals surface area contributed by atoms with Crippen LogP contribution in [0.5, 0.6) is 5.75 Å². The molecule has 0 saturated heterocycles. The molecule has 1 aliphatic heterocycles. The Labute approximate surface area is 107 Å². The lowest BCUT2D eigenvalue weighted by molar-refractivity contribution is -0.143. The van der Waals surface area contributed by atoms with E-state index in [1.165, 1.54) is 5.56 Å². The van der Waals surface area contributed by atoms with Crippen LogP contribution in [0.3, 0.4) is 0 Å². The summed E-state index contributed by atoms with van der Waals surface area (Å²) < 4.78 is 5.74. The summed E-state index contributed by atoms with van der Waals surface area (Å²) in [7, 11) is 0. The minimum Gasteiger partial charge on any atom is -0.490 e. The molecule has 1 heterocycles. The summed E-state index contributed by atoms with van der Waals surface area (Å²) in [5.41, 5.74) is 1.44. The highest BCUT2D eigenvalue weighted by Gasteiger charge is 2.43. The Morgan fingerprint density at radius 3 is 2.78 bits per heavy atom. The van der Waals surface area contributed by atoms with Gasteiger partial charge in [-0.25, -0.2) is 0 Å². The monoisotopic (exact) mass is 246 g/mol. The van der Waals surface area contributed by atoms with Crippen molar-refractivity contribution < 1.29 is 14.6 Å². The maximum absolute atomic E-state index is 11.6. The summed E-state index contributed by atoms with van der Waals surface area (Å²) in [6.07, 6.45) is 4.63. The second-order valence-corrected chi connectivity index (χ2v) is 5.55. The Kier molecular flexibility index (Phi) is 2.58. The van der Waals surface area contributed by atoms with E-state index in [-0.39, 0.29) is 6.10 Å². The number of aliphatic carboxylic acids is 1. The molecule has 0 aromatic heterocycles. The summed E-state index contributed by atoms with van der Waals surface area (Å²) >= 11 is 0. The first-order chi connectivity index (χ1) is 8.62. The molecule has 3 nitrogen and oxygen atoms in total. The van der Waals surface area contributed by atoms with Gasteiger partial charge < -0.3 is 9.84 Å². The highest BCUT2D eigenvalue weighted by molar-refractivity contribution is 5.82. The number of carboxylic acid groups (broad SMARTS) is 1. The Morgan fingerprint density at radius 2 is 2.11 bits per heavy atom. The first-order valence-corrected chi connectivity index (χ1v) is 6.65. The van der Waals surface area contributed by atoms with Gasteiger partial charge in [-0.05, 0) is 37.0 Å². The normalized spacial score (nSPS) is 24.6. The van der Waals surface area contributed by atoms with Crippen molar-refractivity contribution in [1.82, 2.24) is 0 Å². The summed E-state index contributed by atoms with van der Waals surface area (Å²) in [6, 6.07) is 5.98. The number of hydrogen-bond acceptors (Lipinski definition) is 2. The molecule has 18 heavy (non-hydrogen) atoms. The zero-order chi connectivity index (χ0) is 12.8. The molecule has 0 bridgehead atoms. The molecule has 1 atom stereocenters. The molecule has 0 spiro atoms. The minimum atomic E-state index is -0.689. The molecule has 1 aromatic carbocycles. The van der Waals surface area contributed by atoms with Gasteiger partial charge in [0.2, 0.25) is 0 Å². The topological polar surface area (TPSA) is 46.5 Å². The Hall–Kier alpha value is -1.51. The van der Waals surface area contributed by atoms with Gasteiger partial charge in [-0.3, -0.25) is 4.79 Å². The number of rotatable bonds is 2. The summed E-state index contributed by atoms with van der Waals surface area (Å²) in [5.74, 6) is 0.193. The second-order valence-electron chi connectivity index (χ2n) is 5.55. The van der Waals surface area contributed by atoms with Crippen LogP contribution in [0, 0.1) is 0 Å². The molecule has 0 radical (unpaired) electrons. The van der Waals surface area contributed by atoms with Gasteiger partial charge in [0.15, 0.2) is 0 Å². The molecule has 1 fully saturated rings. The summed E-state index contributed by atoms with van der Waals surface area (Å²) in [6.45, 7) is 2.04. The van der Waals surface area contributed by atoms with Crippen molar-refractivity contribution in [3.8, 4) is 5.75 Å². The van der Waals surface area contributed by atoms with E-state index in [0.717, 1.165) is 43.4 Å². The van der Waals surface area contributed by atoms with Crippen LogP contribution in [0.25, 0.3) is 0 Å². The van der Waals surface area contributed by atoms with E-state index in [1.54, 1.807) is 0 Å². The maximum atomic E-state index is 11.6. The van der Waals surface area contributed by atoms with E-state index in [0.29, 0.717) is 0 Å². The van der Waals surface area contributed by atoms with E-state index in [9.17, 15) is 9.90 Å². The quantitative estimate of drug-likeness (QED) is 0.872. The standard InChI is InChI=1S/C15H18O3/c1-10-8-11-4-5-12(9-13(11)18-10)15(14(16)17)6-2-3-7-15/h4-5,9-10H,2-3,6-8H2,1H3,(H,16,17). The smallest absolute Gasteiger partial charge is 0.314 e. The highest BCUT2D eigenvalue weighted by atomic mass is 16.5. The zero-order valence-corrected chi connectivity index (χ0v) is 10.6. The molecule has 1 aliphatic carbocycles. The van der Waals surface area contributed by atoms with Crippen molar-refractivity contribution in [2.24, 2.45) is 0 Å². The summed E-state index contributed by atoms with van der Waals surface area (Å²) in [4.78, 5) is 11.6. The second kappa shape index (κ2) is 4.01. The largest absolute Gasteiger partial charge is 0.490 e. The van der Waals surface area contributed by atoms with Crippen LogP contribution in [-0.2, 0) is 16.6 Å². The Morgan fingerprint density at radius 1 is 1.39 bits per heavy atom.